The molecule has 0 spiro atoms. The van der Waals surface area contributed by atoms with Crippen molar-refractivity contribution in [1.29, 1.82) is 0 Å². The zero-order valence-corrected chi connectivity index (χ0v) is 19.4. The van der Waals surface area contributed by atoms with Crippen LogP contribution in [0.25, 0.3) is 21.3 Å². The summed E-state index contributed by atoms with van der Waals surface area (Å²) in [6, 6.07) is 12.5. The summed E-state index contributed by atoms with van der Waals surface area (Å²) in [7, 11) is 0. The first-order valence-corrected chi connectivity index (χ1v) is 12.4. The van der Waals surface area contributed by atoms with Gasteiger partial charge in [0.1, 0.15) is 5.82 Å². The van der Waals surface area contributed by atoms with Gasteiger partial charge in [-0.05, 0) is 29.8 Å². The van der Waals surface area contributed by atoms with Crippen molar-refractivity contribution in [1.82, 2.24) is 15.0 Å². The minimum Gasteiger partial charge on any atom is -0.378 e. The number of hydrogen-bond donors (Lipinski definition) is 2. The van der Waals surface area contributed by atoms with Crippen LogP contribution in [0.15, 0.2) is 54.2 Å². The SMILES string of the molecule is CCSNc1cccc(-c2csc3cnc(Nc4ccc(N5CCOCC5)nc4)nc23)c1. The maximum atomic E-state index is 5.42. The van der Waals surface area contributed by atoms with Crippen molar-refractivity contribution < 1.29 is 4.74 Å². The predicted molar refractivity (Wildman–Crippen MR) is 135 cm³/mol. The Kier molecular flexibility index (Phi) is 6.38. The van der Waals surface area contributed by atoms with Gasteiger partial charge in [-0.1, -0.05) is 31.0 Å². The van der Waals surface area contributed by atoms with Crippen molar-refractivity contribution >= 4 is 56.6 Å². The van der Waals surface area contributed by atoms with Crippen LogP contribution in [0.4, 0.5) is 23.1 Å². The van der Waals surface area contributed by atoms with Gasteiger partial charge in [-0.2, -0.15) is 0 Å². The predicted octanol–water partition coefficient (Wildman–Crippen LogP) is 5.41. The number of rotatable bonds is 7. The van der Waals surface area contributed by atoms with Crippen LogP contribution in [0.3, 0.4) is 0 Å². The number of nitrogens with zero attached hydrogens (tertiary/aromatic N) is 4. The number of benzene rings is 1. The molecule has 3 aromatic heterocycles. The first-order valence-electron chi connectivity index (χ1n) is 10.6. The summed E-state index contributed by atoms with van der Waals surface area (Å²) in [6.45, 7) is 5.36. The van der Waals surface area contributed by atoms with Crippen molar-refractivity contribution in [2.45, 2.75) is 6.92 Å². The van der Waals surface area contributed by atoms with E-state index in [0.717, 1.165) is 70.6 Å². The fourth-order valence-corrected chi connectivity index (χ4v) is 4.88. The molecule has 2 N–H and O–H groups in total. The monoisotopic (exact) mass is 464 g/mol. The summed E-state index contributed by atoms with van der Waals surface area (Å²) < 4.78 is 9.85. The minimum atomic E-state index is 0.564. The Labute approximate surface area is 195 Å². The van der Waals surface area contributed by atoms with Crippen LogP contribution in [0, 0.1) is 0 Å². The van der Waals surface area contributed by atoms with Crippen LogP contribution in [0.2, 0.25) is 0 Å². The maximum absolute atomic E-state index is 5.42. The van der Waals surface area contributed by atoms with Gasteiger partial charge in [-0.15, -0.1) is 11.3 Å². The highest BCUT2D eigenvalue weighted by molar-refractivity contribution is 8.00. The highest BCUT2D eigenvalue weighted by Crippen LogP contribution is 2.34. The molecule has 164 valence electrons. The van der Waals surface area contributed by atoms with E-state index < -0.39 is 0 Å². The van der Waals surface area contributed by atoms with Crippen LogP contribution in [-0.4, -0.2) is 47.0 Å². The lowest BCUT2D eigenvalue weighted by Crippen LogP contribution is -2.36. The molecule has 1 aromatic carbocycles. The summed E-state index contributed by atoms with van der Waals surface area (Å²) in [6.07, 6.45) is 3.71. The third kappa shape index (κ3) is 4.64. The molecule has 7 nitrogen and oxygen atoms in total. The number of anilines is 4. The van der Waals surface area contributed by atoms with Crippen molar-refractivity contribution in [2.24, 2.45) is 0 Å². The Morgan fingerprint density at radius 2 is 2.00 bits per heavy atom. The fraction of sp³-hybridized carbons (Fsp3) is 0.261. The van der Waals surface area contributed by atoms with E-state index in [2.05, 4.69) is 61.5 Å². The topological polar surface area (TPSA) is 75.2 Å². The number of pyridine rings is 1. The molecule has 1 fully saturated rings. The molecule has 0 amide bonds. The molecular weight excluding hydrogens is 440 g/mol. The molecule has 0 atom stereocenters. The summed E-state index contributed by atoms with van der Waals surface area (Å²) in [4.78, 5) is 16.1. The van der Waals surface area contributed by atoms with Crippen molar-refractivity contribution in [2.75, 3.05) is 47.0 Å². The first kappa shape index (κ1) is 21.0. The highest BCUT2D eigenvalue weighted by Gasteiger charge is 2.13. The van der Waals surface area contributed by atoms with Crippen LogP contribution >= 0.6 is 23.3 Å². The number of fused-ring (bicyclic) bond motifs is 1. The molecule has 0 bridgehead atoms. The third-order valence-corrected chi connectivity index (χ3v) is 6.74. The fourth-order valence-electron chi connectivity index (χ4n) is 3.57. The standard InChI is InChI=1S/C23H24N6OS2/c1-2-32-28-17-5-3-4-16(12-17)19-15-31-20-14-25-23(27-22(19)20)26-18-6-7-21(24-13-18)29-8-10-30-11-9-29/h3-7,12-15,28H,2,8-11H2,1H3,(H,25,26,27). The molecule has 1 saturated heterocycles. The zero-order chi connectivity index (χ0) is 21.8. The van der Waals surface area contributed by atoms with Gasteiger partial charge in [-0.25, -0.2) is 15.0 Å². The van der Waals surface area contributed by atoms with E-state index >= 15 is 0 Å². The molecule has 0 aliphatic carbocycles. The summed E-state index contributed by atoms with van der Waals surface area (Å²) >= 11 is 3.35. The largest absolute Gasteiger partial charge is 0.378 e. The first-order chi connectivity index (χ1) is 15.8. The Bertz CT molecular complexity index is 1190. The van der Waals surface area contributed by atoms with Gasteiger partial charge >= 0.3 is 0 Å². The molecular formula is C23H24N6OS2. The minimum absolute atomic E-state index is 0.564. The van der Waals surface area contributed by atoms with Gasteiger partial charge < -0.3 is 19.7 Å². The van der Waals surface area contributed by atoms with E-state index in [9.17, 15) is 0 Å². The van der Waals surface area contributed by atoms with Crippen LogP contribution in [-0.2, 0) is 4.74 Å². The molecule has 0 radical (unpaired) electrons. The van der Waals surface area contributed by atoms with Gasteiger partial charge in [0.25, 0.3) is 0 Å². The van der Waals surface area contributed by atoms with Crippen LogP contribution in [0.5, 0.6) is 0 Å². The molecule has 0 saturated carbocycles. The van der Waals surface area contributed by atoms with Crippen molar-refractivity contribution in [3.63, 3.8) is 0 Å². The number of thiophene rings is 1. The van der Waals surface area contributed by atoms with Crippen molar-refractivity contribution in [3.8, 4) is 11.1 Å². The average Bonchev–Trinajstić information content (AvgIpc) is 3.27. The molecule has 1 aliphatic rings. The van der Waals surface area contributed by atoms with Gasteiger partial charge in [0.15, 0.2) is 0 Å². The lowest BCUT2D eigenvalue weighted by molar-refractivity contribution is 0.122. The molecule has 32 heavy (non-hydrogen) atoms. The van der Waals surface area contributed by atoms with Gasteiger partial charge in [-0.3, -0.25) is 0 Å². The van der Waals surface area contributed by atoms with Gasteiger partial charge in [0, 0.05) is 35.5 Å². The second kappa shape index (κ2) is 9.72. The molecule has 4 aromatic rings. The number of morpholine rings is 1. The third-order valence-electron chi connectivity index (χ3n) is 5.16. The molecule has 1 aliphatic heterocycles. The summed E-state index contributed by atoms with van der Waals surface area (Å²) in [5.41, 5.74) is 5.15. The Morgan fingerprint density at radius 3 is 2.81 bits per heavy atom. The van der Waals surface area contributed by atoms with E-state index in [0.29, 0.717) is 5.95 Å². The quantitative estimate of drug-likeness (QED) is 0.352. The molecule has 9 heteroatoms. The smallest absolute Gasteiger partial charge is 0.227 e. The number of aromatic nitrogens is 3. The number of nitrogens with one attached hydrogen (secondary N) is 2. The number of hydrogen-bond acceptors (Lipinski definition) is 9. The maximum Gasteiger partial charge on any atom is 0.227 e. The Morgan fingerprint density at radius 1 is 1.09 bits per heavy atom. The van der Waals surface area contributed by atoms with E-state index in [-0.39, 0.29) is 0 Å². The Hall–Kier alpha value is -2.88. The molecule has 4 heterocycles. The second-order valence-corrected chi connectivity index (χ2v) is 9.28. The van der Waals surface area contributed by atoms with E-state index in [4.69, 9.17) is 9.72 Å². The molecule has 5 rings (SSSR count). The second-order valence-electron chi connectivity index (χ2n) is 7.30. The lowest BCUT2D eigenvalue weighted by atomic mass is 10.1. The van der Waals surface area contributed by atoms with Gasteiger partial charge in [0.2, 0.25) is 5.95 Å². The average molecular weight is 465 g/mol. The van der Waals surface area contributed by atoms with E-state index in [1.54, 1.807) is 23.3 Å². The Balaban J connectivity index is 1.37. The van der Waals surface area contributed by atoms with Crippen LogP contribution in [0.1, 0.15) is 6.92 Å². The van der Waals surface area contributed by atoms with E-state index in [1.165, 1.54) is 0 Å². The van der Waals surface area contributed by atoms with Crippen molar-refractivity contribution in [3.05, 3.63) is 54.2 Å². The molecule has 0 unspecified atom stereocenters. The summed E-state index contributed by atoms with van der Waals surface area (Å²) in [5.74, 6) is 2.54. The number of ether oxygens (including phenoxy) is 1. The van der Waals surface area contributed by atoms with Crippen LogP contribution < -0.4 is 14.9 Å². The van der Waals surface area contributed by atoms with Gasteiger partial charge in [0.05, 0.1) is 41.5 Å². The lowest BCUT2D eigenvalue weighted by Gasteiger charge is -2.27. The normalized spacial score (nSPS) is 14.0. The highest BCUT2D eigenvalue weighted by atomic mass is 32.2. The zero-order valence-electron chi connectivity index (χ0n) is 17.7. The summed E-state index contributed by atoms with van der Waals surface area (Å²) in [5, 5.41) is 5.44. The van der Waals surface area contributed by atoms with E-state index in [1.807, 2.05) is 24.5 Å².